The quantitative estimate of drug-likeness (QED) is 0.608. The molecule has 2 aliphatic rings. The summed E-state index contributed by atoms with van der Waals surface area (Å²) in [5.41, 5.74) is 3.98. The molecule has 0 aliphatic carbocycles. The number of aryl methyl sites for hydroxylation is 2. The fraction of sp³-hybridized carbons (Fsp3) is 0.259. The number of rotatable bonds is 4. The lowest BCUT2D eigenvalue weighted by Crippen LogP contribution is -2.46. The zero-order chi connectivity index (χ0) is 22.9. The molecule has 0 bridgehead atoms. The molecule has 3 aromatic rings. The number of ketones is 1. The maximum Gasteiger partial charge on any atom is 0.232 e. The van der Waals surface area contributed by atoms with Gasteiger partial charge in [-0.2, -0.15) is 0 Å². The zero-order valence-corrected chi connectivity index (χ0v) is 18.9. The van der Waals surface area contributed by atoms with E-state index in [0.717, 1.165) is 48.7 Å². The van der Waals surface area contributed by atoms with E-state index < -0.39 is 0 Å². The van der Waals surface area contributed by atoms with Crippen LogP contribution in [-0.2, 0) is 6.54 Å². The van der Waals surface area contributed by atoms with E-state index in [0.29, 0.717) is 29.2 Å². The number of hydrogen-bond acceptors (Lipinski definition) is 6. The topological polar surface area (TPSA) is 65.9 Å². The molecule has 1 N–H and O–H groups in total. The minimum absolute atomic E-state index is 0.134. The molecule has 0 amide bonds. The number of ether oxygens (including phenoxy) is 1. The number of anilines is 1. The summed E-state index contributed by atoms with van der Waals surface area (Å²) >= 11 is 0. The minimum Gasteiger partial charge on any atom is -0.507 e. The maximum absolute atomic E-state index is 13.2. The first kappa shape index (κ1) is 21.2. The third-order valence-corrected chi connectivity index (χ3v) is 6.29. The summed E-state index contributed by atoms with van der Waals surface area (Å²) < 4.78 is 6.09. The Bertz CT molecular complexity index is 1230. The number of hydrogen-bond donors (Lipinski definition) is 1. The van der Waals surface area contributed by atoms with Crippen molar-refractivity contribution in [3.05, 3.63) is 88.3 Å². The number of phenolic OH excluding ortho intramolecular Hbond substituents is 1. The number of pyridine rings is 1. The Morgan fingerprint density at radius 2 is 1.88 bits per heavy atom. The van der Waals surface area contributed by atoms with Crippen LogP contribution in [0.15, 0.2) is 60.5 Å². The lowest BCUT2D eigenvalue weighted by atomic mass is 9.99. The van der Waals surface area contributed by atoms with Crippen molar-refractivity contribution in [3.8, 4) is 11.5 Å². The number of piperazine rings is 1. The zero-order valence-electron chi connectivity index (χ0n) is 18.9. The number of carbonyl (C=O) groups is 1. The van der Waals surface area contributed by atoms with Crippen molar-refractivity contribution in [2.24, 2.45) is 0 Å². The molecular formula is C27H27N3O3. The number of benzene rings is 2. The summed E-state index contributed by atoms with van der Waals surface area (Å²) in [5, 5.41) is 10.8. The summed E-state index contributed by atoms with van der Waals surface area (Å²) in [6, 6.07) is 15.6. The number of fused-ring (bicyclic) bond motifs is 1. The highest BCUT2D eigenvalue weighted by molar-refractivity contribution is 6.15. The van der Waals surface area contributed by atoms with Crippen molar-refractivity contribution in [2.75, 3.05) is 31.1 Å². The summed E-state index contributed by atoms with van der Waals surface area (Å²) in [6.45, 7) is 7.74. The molecule has 0 radical (unpaired) electrons. The molecular weight excluding hydrogens is 414 g/mol. The van der Waals surface area contributed by atoms with E-state index in [2.05, 4.69) is 14.8 Å². The lowest BCUT2D eigenvalue weighted by Gasteiger charge is -2.35. The molecule has 168 valence electrons. The Hall–Kier alpha value is -3.64. The Morgan fingerprint density at radius 1 is 1.06 bits per heavy atom. The van der Waals surface area contributed by atoms with E-state index in [1.165, 1.54) is 0 Å². The Balaban J connectivity index is 1.37. The monoisotopic (exact) mass is 441 g/mol. The number of carbonyl (C=O) groups excluding carboxylic acids is 1. The number of Topliss-reactive ketones (excluding diaryl/α,β-unsaturated/α-hetero) is 1. The molecule has 0 atom stereocenters. The predicted molar refractivity (Wildman–Crippen MR) is 129 cm³/mol. The third kappa shape index (κ3) is 4.22. The van der Waals surface area contributed by atoms with Gasteiger partial charge in [0, 0.05) is 38.9 Å². The van der Waals surface area contributed by atoms with Gasteiger partial charge in [0.25, 0.3) is 0 Å². The molecule has 1 saturated heterocycles. The van der Waals surface area contributed by atoms with Gasteiger partial charge < -0.3 is 14.7 Å². The van der Waals surface area contributed by atoms with E-state index in [1.807, 2.05) is 62.5 Å². The van der Waals surface area contributed by atoms with Gasteiger partial charge in [-0.15, -0.1) is 0 Å². The molecule has 5 rings (SSSR count). The summed E-state index contributed by atoms with van der Waals surface area (Å²) in [7, 11) is 0. The minimum atomic E-state index is -0.134. The number of nitrogens with zero attached hydrogens (tertiary/aromatic N) is 3. The van der Waals surface area contributed by atoms with Crippen LogP contribution >= 0.6 is 0 Å². The van der Waals surface area contributed by atoms with E-state index in [1.54, 1.807) is 12.1 Å². The molecule has 1 fully saturated rings. The van der Waals surface area contributed by atoms with Crippen LogP contribution in [-0.4, -0.2) is 47.0 Å². The Labute approximate surface area is 193 Å². The van der Waals surface area contributed by atoms with Gasteiger partial charge in [-0.1, -0.05) is 35.9 Å². The maximum atomic E-state index is 13.2. The van der Waals surface area contributed by atoms with Crippen LogP contribution in [0.1, 0.15) is 32.6 Å². The molecule has 0 saturated carbocycles. The normalized spacial score (nSPS) is 17.3. The van der Waals surface area contributed by atoms with Gasteiger partial charge in [0.15, 0.2) is 5.76 Å². The summed E-state index contributed by atoms with van der Waals surface area (Å²) in [5.74, 6) is 1.80. The molecule has 6 nitrogen and oxygen atoms in total. The van der Waals surface area contributed by atoms with E-state index in [4.69, 9.17) is 4.74 Å². The third-order valence-electron chi connectivity index (χ3n) is 6.29. The molecule has 1 aromatic heterocycles. The van der Waals surface area contributed by atoms with Crippen molar-refractivity contribution < 1.29 is 14.6 Å². The van der Waals surface area contributed by atoms with E-state index >= 15 is 0 Å². The van der Waals surface area contributed by atoms with Crippen LogP contribution in [0.25, 0.3) is 6.08 Å². The van der Waals surface area contributed by atoms with Crippen LogP contribution in [0.3, 0.4) is 0 Å². The highest BCUT2D eigenvalue weighted by atomic mass is 16.5. The largest absolute Gasteiger partial charge is 0.507 e. The van der Waals surface area contributed by atoms with Crippen LogP contribution < -0.4 is 9.64 Å². The average Bonchev–Trinajstić information content (AvgIpc) is 3.14. The highest BCUT2D eigenvalue weighted by Crippen LogP contribution is 2.42. The fourth-order valence-corrected chi connectivity index (χ4v) is 4.54. The van der Waals surface area contributed by atoms with Crippen molar-refractivity contribution in [1.82, 2.24) is 9.88 Å². The lowest BCUT2D eigenvalue weighted by molar-refractivity contribution is 0.101. The number of aromatic hydroxyl groups is 1. The van der Waals surface area contributed by atoms with Crippen LogP contribution in [0.2, 0.25) is 0 Å². The first-order valence-corrected chi connectivity index (χ1v) is 11.2. The molecule has 2 aromatic carbocycles. The second-order valence-electron chi connectivity index (χ2n) is 8.70. The standard InChI is InChI=1S/C27H27N3O3/c1-18-6-5-7-20(14-18)16-23-26(32)25-19(2)15-22(31)21(27(25)33-23)17-29-10-12-30(13-11-29)24-8-3-4-9-28-24/h3-9,14-16,31H,10-13,17H2,1-2H3/b23-16-. The van der Waals surface area contributed by atoms with Gasteiger partial charge in [-0.3, -0.25) is 9.69 Å². The van der Waals surface area contributed by atoms with Gasteiger partial charge in [-0.25, -0.2) is 4.98 Å². The van der Waals surface area contributed by atoms with E-state index in [9.17, 15) is 9.90 Å². The fourth-order valence-electron chi connectivity index (χ4n) is 4.54. The molecule has 6 heteroatoms. The first-order valence-electron chi connectivity index (χ1n) is 11.2. The number of allylic oxidation sites excluding steroid dienone is 1. The van der Waals surface area contributed by atoms with Crippen LogP contribution in [0.5, 0.6) is 11.5 Å². The van der Waals surface area contributed by atoms with Crippen molar-refractivity contribution in [1.29, 1.82) is 0 Å². The van der Waals surface area contributed by atoms with Gasteiger partial charge >= 0.3 is 0 Å². The second-order valence-corrected chi connectivity index (χ2v) is 8.70. The van der Waals surface area contributed by atoms with Crippen LogP contribution in [0, 0.1) is 13.8 Å². The Morgan fingerprint density at radius 3 is 2.61 bits per heavy atom. The second kappa shape index (κ2) is 8.71. The Kier molecular flexibility index (Phi) is 5.60. The van der Waals surface area contributed by atoms with Crippen molar-refractivity contribution in [2.45, 2.75) is 20.4 Å². The smallest absolute Gasteiger partial charge is 0.232 e. The van der Waals surface area contributed by atoms with Gasteiger partial charge in [0.1, 0.15) is 17.3 Å². The van der Waals surface area contributed by atoms with Crippen LogP contribution in [0.4, 0.5) is 5.82 Å². The van der Waals surface area contributed by atoms with Gasteiger partial charge in [0.2, 0.25) is 5.78 Å². The molecule has 3 heterocycles. The predicted octanol–water partition coefficient (Wildman–Crippen LogP) is 4.34. The van der Waals surface area contributed by atoms with E-state index in [-0.39, 0.29) is 11.5 Å². The highest BCUT2D eigenvalue weighted by Gasteiger charge is 2.34. The summed E-state index contributed by atoms with van der Waals surface area (Å²) in [6.07, 6.45) is 3.59. The molecule has 2 aliphatic heterocycles. The van der Waals surface area contributed by atoms with Crippen molar-refractivity contribution in [3.63, 3.8) is 0 Å². The molecule has 33 heavy (non-hydrogen) atoms. The average molecular weight is 442 g/mol. The van der Waals surface area contributed by atoms with Crippen molar-refractivity contribution >= 4 is 17.7 Å². The number of phenols is 1. The summed E-state index contributed by atoms with van der Waals surface area (Å²) in [4.78, 5) is 22.1. The van der Waals surface area contributed by atoms with Gasteiger partial charge in [-0.05, 0) is 49.2 Å². The SMILES string of the molecule is Cc1cccc(/C=C2\Oc3c(CN4CCN(c5ccccn5)CC4)c(O)cc(C)c3C2=O)c1. The molecule has 0 unspecified atom stereocenters. The first-order chi connectivity index (χ1) is 16.0. The number of aromatic nitrogens is 1. The molecule has 0 spiro atoms. The van der Waals surface area contributed by atoms with Gasteiger partial charge in [0.05, 0.1) is 11.1 Å².